The average molecular weight is 414 g/mol. The molecule has 1 unspecified atom stereocenters. The van der Waals surface area contributed by atoms with Crippen LogP contribution in [-0.4, -0.2) is 10.9 Å². The number of H-pyrrole nitrogens is 1. The highest BCUT2D eigenvalue weighted by Gasteiger charge is 2.32. The summed E-state index contributed by atoms with van der Waals surface area (Å²) in [5.74, 6) is -0.755. The number of aromatic amines is 1. The van der Waals surface area contributed by atoms with E-state index in [1.54, 1.807) is 4.98 Å². The third-order valence-electron chi connectivity index (χ3n) is 4.87. The Morgan fingerprint density at radius 1 is 0.967 bits per heavy atom. The number of rotatable bonds is 5. The first-order valence-corrected chi connectivity index (χ1v) is 9.46. The summed E-state index contributed by atoms with van der Waals surface area (Å²) in [5, 5.41) is 2.78. The first-order valence-electron chi connectivity index (χ1n) is 9.46. The van der Waals surface area contributed by atoms with Crippen LogP contribution in [0, 0.1) is 6.92 Å². The quantitative estimate of drug-likeness (QED) is 0.631. The van der Waals surface area contributed by atoms with E-state index in [0.717, 1.165) is 34.7 Å². The summed E-state index contributed by atoms with van der Waals surface area (Å²) in [6.07, 6.45) is -3.83. The van der Waals surface area contributed by atoms with E-state index in [2.05, 4.69) is 5.32 Å². The van der Waals surface area contributed by atoms with Crippen molar-refractivity contribution in [1.29, 1.82) is 0 Å². The standard InChI is InChI=1S/C23H21F3N2O2/c1-3-15-6-10-17(11-7-15)20(16-8-4-14(2)5-9-16)28-22(30)18-12-13-19(23(24,25)26)27-21(18)29/h4-13,20H,3H2,1-2H3,(H,27,29)(H,28,30). The van der Waals surface area contributed by atoms with Gasteiger partial charge in [-0.25, -0.2) is 0 Å². The van der Waals surface area contributed by atoms with Crippen LogP contribution in [0.2, 0.25) is 0 Å². The molecule has 0 saturated carbocycles. The van der Waals surface area contributed by atoms with Crippen LogP contribution in [0.15, 0.2) is 65.5 Å². The Labute approximate surface area is 171 Å². The van der Waals surface area contributed by atoms with E-state index in [-0.39, 0.29) is 5.56 Å². The Balaban J connectivity index is 1.95. The molecule has 1 heterocycles. The lowest BCUT2D eigenvalue weighted by Crippen LogP contribution is -2.34. The Morgan fingerprint density at radius 2 is 1.53 bits per heavy atom. The molecule has 0 spiro atoms. The zero-order chi connectivity index (χ0) is 21.9. The smallest absolute Gasteiger partial charge is 0.341 e. The minimum Gasteiger partial charge on any atom is -0.341 e. The van der Waals surface area contributed by atoms with Crippen molar-refractivity contribution in [3.63, 3.8) is 0 Å². The summed E-state index contributed by atoms with van der Waals surface area (Å²) in [5.41, 5.74) is 1.09. The SMILES string of the molecule is CCc1ccc(C(NC(=O)c2ccc(C(F)(F)F)[nH]c2=O)c2ccc(C)cc2)cc1. The summed E-state index contributed by atoms with van der Waals surface area (Å²) in [6.45, 7) is 3.97. The molecule has 0 fully saturated rings. The lowest BCUT2D eigenvalue weighted by molar-refractivity contribution is -0.141. The highest BCUT2D eigenvalue weighted by Crippen LogP contribution is 2.27. The van der Waals surface area contributed by atoms with Crippen molar-refractivity contribution in [2.24, 2.45) is 0 Å². The molecular weight excluding hydrogens is 393 g/mol. The number of carbonyl (C=O) groups is 1. The largest absolute Gasteiger partial charge is 0.431 e. The fourth-order valence-corrected chi connectivity index (χ4v) is 3.09. The lowest BCUT2D eigenvalue weighted by Gasteiger charge is -2.20. The van der Waals surface area contributed by atoms with Crippen LogP contribution in [0.3, 0.4) is 0 Å². The highest BCUT2D eigenvalue weighted by atomic mass is 19.4. The third kappa shape index (κ3) is 4.79. The van der Waals surface area contributed by atoms with Gasteiger partial charge >= 0.3 is 6.18 Å². The fraction of sp³-hybridized carbons (Fsp3) is 0.217. The Morgan fingerprint density at radius 3 is 2.03 bits per heavy atom. The van der Waals surface area contributed by atoms with Gasteiger partial charge in [0.25, 0.3) is 11.5 Å². The van der Waals surface area contributed by atoms with Gasteiger partial charge in [-0.05, 0) is 42.2 Å². The maximum atomic E-state index is 12.8. The van der Waals surface area contributed by atoms with E-state index >= 15 is 0 Å². The maximum absolute atomic E-state index is 12.8. The van der Waals surface area contributed by atoms with Crippen LogP contribution in [0.25, 0.3) is 0 Å². The summed E-state index contributed by atoms with van der Waals surface area (Å²) in [6, 6.07) is 16.2. The van der Waals surface area contributed by atoms with Crippen LogP contribution >= 0.6 is 0 Å². The van der Waals surface area contributed by atoms with Crippen molar-refractivity contribution < 1.29 is 18.0 Å². The van der Waals surface area contributed by atoms with Crippen molar-refractivity contribution in [2.75, 3.05) is 0 Å². The number of carbonyl (C=O) groups excluding carboxylic acids is 1. The van der Waals surface area contributed by atoms with E-state index in [0.29, 0.717) is 6.07 Å². The molecule has 0 aliphatic heterocycles. The van der Waals surface area contributed by atoms with E-state index in [9.17, 15) is 22.8 Å². The van der Waals surface area contributed by atoms with E-state index in [1.165, 1.54) is 0 Å². The predicted octanol–water partition coefficient (Wildman–Crippen LogP) is 4.78. The van der Waals surface area contributed by atoms with Gasteiger partial charge in [0, 0.05) is 0 Å². The van der Waals surface area contributed by atoms with Crippen molar-refractivity contribution >= 4 is 5.91 Å². The van der Waals surface area contributed by atoms with Crippen molar-refractivity contribution in [3.05, 3.63) is 105 Å². The van der Waals surface area contributed by atoms with Gasteiger partial charge in [0.15, 0.2) is 0 Å². The van der Waals surface area contributed by atoms with E-state index in [4.69, 9.17) is 0 Å². The van der Waals surface area contributed by atoms with Gasteiger partial charge in [-0.15, -0.1) is 0 Å². The van der Waals surface area contributed by atoms with Gasteiger partial charge in [-0.2, -0.15) is 13.2 Å². The second-order valence-electron chi connectivity index (χ2n) is 7.02. The number of alkyl halides is 3. The number of benzene rings is 2. The molecule has 156 valence electrons. The molecule has 1 atom stereocenters. The molecule has 3 aromatic rings. The van der Waals surface area contributed by atoms with Crippen LogP contribution in [-0.2, 0) is 12.6 Å². The van der Waals surface area contributed by atoms with Gasteiger partial charge in [-0.3, -0.25) is 9.59 Å². The Kier molecular flexibility index (Phi) is 6.10. The van der Waals surface area contributed by atoms with Gasteiger partial charge in [0.2, 0.25) is 0 Å². The number of pyridine rings is 1. The zero-order valence-corrected chi connectivity index (χ0v) is 16.5. The van der Waals surface area contributed by atoms with Gasteiger partial charge in [0.1, 0.15) is 11.3 Å². The molecule has 0 bridgehead atoms. The van der Waals surface area contributed by atoms with Crippen LogP contribution in [0.1, 0.15) is 51.3 Å². The van der Waals surface area contributed by atoms with Crippen molar-refractivity contribution in [1.82, 2.24) is 10.3 Å². The molecule has 2 aromatic carbocycles. The zero-order valence-electron chi connectivity index (χ0n) is 16.5. The number of aromatic nitrogens is 1. The van der Waals surface area contributed by atoms with Gasteiger partial charge in [-0.1, -0.05) is 61.0 Å². The summed E-state index contributed by atoms with van der Waals surface area (Å²) < 4.78 is 38.3. The second kappa shape index (κ2) is 8.57. The summed E-state index contributed by atoms with van der Waals surface area (Å²) in [4.78, 5) is 26.6. The van der Waals surface area contributed by atoms with Crippen molar-refractivity contribution in [3.8, 4) is 0 Å². The Bertz CT molecular complexity index is 1090. The first-order chi connectivity index (χ1) is 14.2. The fourth-order valence-electron chi connectivity index (χ4n) is 3.09. The molecule has 1 amide bonds. The average Bonchev–Trinajstić information content (AvgIpc) is 2.72. The molecule has 3 rings (SSSR count). The maximum Gasteiger partial charge on any atom is 0.431 e. The molecule has 0 aliphatic carbocycles. The van der Waals surface area contributed by atoms with Crippen LogP contribution in [0.4, 0.5) is 13.2 Å². The second-order valence-corrected chi connectivity index (χ2v) is 7.02. The number of aryl methyl sites for hydroxylation is 2. The molecular formula is C23H21F3N2O2. The summed E-state index contributed by atoms with van der Waals surface area (Å²) >= 11 is 0. The molecule has 4 nitrogen and oxygen atoms in total. The molecule has 2 N–H and O–H groups in total. The van der Waals surface area contributed by atoms with Crippen molar-refractivity contribution in [2.45, 2.75) is 32.5 Å². The number of hydrogen-bond donors (Lipinski definition) is 2. The molecule has 1 aromatic heterocycles. The number of amides is 1. The lowest BCUT2D eigenvalue weighted by atomic mass is 9.96. The molecule has 0 aliphatic rings. The van der Waals surface area contributed by atoms with Crippen LogP contribution < -0.4 is 10.9 Å². The molecule has 7 heteroatoms. The van der Waals surface area contributed by atoms with Gasteiger partial charge < -0.3 is 10.3 Å². The molecule has 30 heavy (non-hydrogen) atoms. The van der Waals surface area contributed by atoms with E-state index < -0.39 is 29.4 Å². The normalized spacial score (nSPS) is 12.4. The Hall–Kier alpha value is -3.35. The number of halogens is 3. The first kappa shape index (κ1) is 21.4. The topological polar surface area (TPSA) is 62.0 Å². The van der Waals surface area contributed by atoms with Gasteiger partial charge in [0.05, 0.1) is 6.04 Å². The molecule has 0 radical (unpaired) electrons. The minimum absolute atomic E-state index is 0.384. The molecule has 0 saturated heterocycles. The highest BCUT2D eigenvalue weighted by molar-refractivity contribution is 5.94. The minimum atomic E-state index is -4.69. The summed E-state index contributed by atoms with van der Waals surface area (Å²) in [7, 11) is 0. The van der Waals surface area contributed by atoms with E-state index in [1.807, 2.05) is 62.4 Å². The predicted molar refractivity (Wildman–Crippen MR) is 108 cm³/mol. The monoisotopic (exact) mass is 414 g/mol. The number of hydrogen-bond acceptors (Lipinski definition) is 2. The van der Waals surface area contributed by atoms with Crippen LogP contribution in [0.5, 0.6) is 0 Å². The number of nitrogens with one attached hydrogen (secondary N) is 2. The third-order valence-corrected chi connectivity index (χ3v) is 4.87.